The number of likely N-dealkylation sites (tertiary alicyclic amines) is 1. The summed E-state index contributed by atoms with van der Waals surface area (Å²) in [5.41, 5.74) is 0. The molecule has 1 aliphatic heterocycles. The van der Waals surface area contributed by atoms with Gasteiger partial charge in [-0.15, -0.1) is 0 Å². The number of carbonyl (C=O) groups is 1. The molecule has 5 nitrogen and oxygen atoms in total. The van der Waals surface area contributed by atoms with Crippen LogP contribution in [0, 0.1) is 5.92 Å². The zero-order chi connectivity index (χ0) is 10.1. The summed E-state index contributed by atoms with van der Waals surface area (Å²) in [6.45, 7) is 4.50. The van der Waals surface area contributed by atoms with Gasteiger partial charge < -0.3 is 14.5 Å². The maximum Gasteiger partial charge on any atom is 0.407 e. The second-order valence-electron chi connectivity index (χ2n) is 3.60. The van der Waals surface area contributed by atoms with E-state index in [1.165, 1.54) is 4.90 Å². The summed E-state index contributed by atoms with van der Waals surface area (Å²) in [6.07, 6.45) is -0.896. The minimum absolute atomic E-state index is 0.212. The molecule has 1 amide bonds. The Labute approximate surface area is 77.1 Å². The third-order valence-electron chi connectivity index (χ3n) is 1.85. The molecule has 1 heterocycles. The number of nitrogens with zero attached hydrogens (tertiary/aromatic N) is 1. The van der Waals surface area contributed by atoms with Crippen molar-refractivity contribution in [2.75, 3.05) is 33.0 Å². The maximum atomic E-state index is 11.1. The minimum Gasteiger partial charge on any atom is -0.465 e. The van der Waals surface area contributed by atoms with Crippen LogP contribution in [0.5, 0.6) is 0 Å². The zero-order valence-corrected chi connectivity index (χ0v) is 8.66. The maximum absolute atomic E-state index is 11.1. The van der Waals surface area contributed by atoms with Gasteiger partial charge in [-0.05, 0) is 0 Å². The molecular formula is C7H14NO4P. The molecule has 0 aromatic rings. The monoisotopic (exact) mass is 207 g/mol. The fraction of sp³-hybridized carbons (Fsp3) is 0.857. The summed E-state index contributed by atoms with van der Waals surface area (Å²) in [6, 6.07) is 0. The van der Waals surface area contributed by atoms with E-state index in [9.17, 15) is 9.36 Å². The largest absolute Gasteiger partial charge is 0.465 e. The molecule has 0 unspecified atom stereocenters. The van der Waals surface area contributed by atoms with Gasteiger partial charge in [-0.3, -0.25) is 4.57 Å². The van der Waals surface area contributed by atoms with Crippen molar-refractivity contribution in [3.8, 4) is 0 Å². The van der Waals surface area contributed by atoms with Gasteiger partial charge in [0, 0.05) is 32.3 Å². The lowest BCUT2D eigenvalue weighted by Crippen LogP contribution is -2.50. The highest BCUT2D eigenvalue weighted by atomic mass is 31.2. The van der Waals surface area contributed by atoms with Gasteiger partial charge in [0.1, 0.15) is 0 Å². The number of rotatable bonds is 3. The normalized spacial score (nSPS) is 18.5. The predicted octanol–water partition coefficient (Wildman–Crippen LogP) is 1.15. The molecule has 1 fully saturated rings. The summed E-state index contributed by atoms with van der Waals surface area (Å²) in [5, 5.41) is 8.51. The second kappa shape index (κ2) is 3.68. The molecule has 0 aromatic carbocycles. The Morgan fingerprint density at radius 2 is 2.15 bits per heavy atom. The van der Waals surface area contributed by atoms with Crippen LogP contribution >= 0.6 is 7.37 Å². The summed E-state index contributed by atoms with van der Waals surface area (Å²) < 4.78 is 16.2. The lowest BCUT2D eigenvalue weighted by Gasteiger charge is -2.36. The molecular weight excluding hydrogens is 193 g/mol. The smallest absolute Gasteiger partial charge is 0.407 e. The third-order valence-corrected chi connectivity index (χ3v) is 2.62. The Hall–Kier alpha value is -0.540. The van der Waals surface area contributed by atoms with E-state index in [0.717, 1.165) is 0 Å². The van der Waals surface area contributed by atoms with E-state index in [2.05, 4.69) is 0 Å². The van der Waals surface area contributed by atoms with E-state index in [1.807, 2.05) is 0 Å². The number of hydrogen-bond acceptors (Lipinski definition) is 3. The summed E-state index contributed by atoms with van der Waals surface area (Å²) in [7, 11) is -2.41. The molecule has 6 heteroatoms. The molecule has 0 atom stereocenters. The SMILES string of the molecule is CP(C)(=O)OCC1CN(C(=O)O)C1. The zero-order valence-electron chi connectivity index (χ0n) is 7.77. The van der Waals surface area contributed by atoms with Crippen molar-refractivity contribution >= 4 is 13.5 Å². The molecule has 0 radical (unpaired) electrons. The summed E-state index contributed by atoms with van der Waals surface area (Å²) in [4.78, 5) is 11.7. The van der Waals surface area contributed by atoms with E-state index < -0.39 is 13.5 Å². The van der Waals surface area contributed by atoms with E-state index in [0.29, 0.717) is 19.7 Å². The Morgan fingerprint density at radius 1 is 1.62 bits per heavy atom. The predicted molar refractivity (Wildman–Crippen MR) is 48.5 cm³/mol. The van der Waals surface area contributed by atoms with Gasteiger partial charge in [-0.2, -0.15) is 0 Å². The molecule has 1 rings (SSSR count). The highest BCUT2D eigenvalue weighted by molar-refractivity contribution is 7.57. The first kappa shape index (κ1) is 10.5. The lowest BCUT2D eigenvalue weighted by atomic mass is 10.0. The van der Waals surface area contributed by atoms with Crippen molar-refractivity contribution in [1.29, 1.82) is 0 Å². The van der Waals surface area contributed by atoms with Gasteiger partial charge in [0.15, 0.2) is 7.37 Å². The molecule has 0 aromatic heterocycles. The lowest BCUT2D eigenvalue weighted by molar-refractivity contribution is 0.0597. The number of carboxylic acid groups (broad SMARTS) is 1. The molecule has 76 valence electrons. The second-order valence-corrected chi connectivity index (χ2v) is 6.36. The van der Waals surface area contributed by atoms with Gasteiger partial charge >= 0.3 is 6.09 Å². The Bertz CT molecular complexity index is 243. The van der Waals surface area contributed by atoms with Crippen molar-refractivity contribution < 1.29 is 19.0 Å². The molecule has 1 N–H and O–H groups in total. The average molecular weight is 207 g/mol. The van der Waals surface area contributed by atoms with Gasteiger partial charge in [0.05, 0.1) is 6.61 Å². The first-order valence-corrected chi connectivity index (χ1v) is 6.58. The van der Waals surface area contributed by atoms with Crippen molar-refractivity contribution in [2.45, 2.75) is 0 Å². The van der Waals surface area contributed by atoms with Crippen LogP contribution in [0.2, 0.25) is 0 Å². The topological polar surface area (TPSA) is 66.8 Å². The molecule has 0 aliphatic carbocycles. The molecule has 0 spiro atoms. The van der Waals surface area contributed by atoms with Crippen LogP contribution in [-0.4, -0.2) is 49.1 Å². The standard InChI is InChI=1S/C7H14NO4P/c1-13(2,11)12-5-6-3-8(4-6)7(9)10/h6H,3-5H2,1-2H3,(H,9,10). The molecule has 1 aliphatic rings. The Kier molecular flexibility index (Phi) is 2.98. The highest BCUT2D eigenvalue weighted by Crippen LogP contribution is 2.38. The minimum atomic E-state index is -2.41. The van der Waals surface area contributed by atoms with Gasteiger partial charge in [0.25, 0.3) is 0 Å². The fourth-order valence-corrected chi connectivity index (χ4v) is 1.69. The van der Waals surface area contributed by atoms with Crippen molar-refractivity contribution in [3.63, 3.8) is 0 Å². The third kappa shape index (κ3) is 3.36. The Balaban J connectivity index is 2.16. The Morgan fingerprint density at radius 3 is 2.54 bits per heavy atom. The van der Waals surface area contributed by atoms with Crippen LogP contribution in [0.3, 0.4) is 0 Å². The van der Waals surface area contributed by atoms with Crippen molar-refractivity contribution in [1.82, 2.24) is 4.90 Å². The highest BCUT2D eigenvalue weighted by Gasteiger charge is 2.31. The first-order valence-electron chi connectivity index (χ1n) is 4.06. The molecule has 1 saturated heterocycles. The molecule has 0 bridgehead atoms. The number of amides is 1. The first-order chi connectivity index (χ1) is 5.88. The van der Waals surface area contributed by atoms with Crippen LogP contribution < -0.4 is 0 Å². The van der Waals surface area contributed by atoms with Crippen molar-refractivity contribution in [3.05, 3.63) is 0 Å². The molecule has 0 saturated carbocycles. The van der Waals surface area contributed by atoms with Crippen LogP contribution in [0.15, 0.2) is 0 Å². The summed E-state index contributed by atoms with van der Waals surface area (Å²) >= 11 is 0. The quantitative estimate of drug-likeness (QED) is 0.705. The van der Waals surface area contributed by atoms with Crippen LogP contribution in [0.25, 0.3) is 0 Å². The van der Waals surface area contributed by atoms with E-state index in [4.69, 9.17) is 9.63 Å². The van der Waals surface area contributed by atoms with E-state index >= 15 is 0 Å². The van der Waals surface area contributed by atoms with Crippen molar-refractivity contribution in [2.24, 2.45) is 5.92 Å². The van der Waals surface area contributed by atoms with Gasteiger partial charge in [0.2, 0.25) is 0 Å². The van der Waals surface area contributed by atoms with Crippen LogP contribution in [-0.2, 0) is 9.09 Å². The van der Waals surface area contributed by atoms with Crippen LogP contribution in [0.4, 0.5) is 4.79 Å². The van der Waals surface area contributed by atoms with E-state index in [-0.39, 0.29) is 5.92 Å². The van der Waals surface area contributed by atoms with Crippen LogP contribution in [0.1, 0.15) is 0 Å². The van der Waals surface area contributed by atoms with E-state index in [1.54, 1.807) is 13.3 Å². The summed E-state index contributed by atoms with van der Waals surface area (Å²) in [5.74, 6) is 0.212. The van der Waals surface area contributed by atoms with Gasteiger partial charge in [-0.25, -0.2) is 4.79 Å². The van der Waals surface area contributed by atoms with Gasteiger partial charge in [-0.1, -0.05) is 0 Å². The fourth-order valence-electron chi connectivity index (χ4n) is 1.12. The average Bonchev–Trinajstić information content (AvgIpc) is 1.79. The molecule has 13 heavy (non-hydrogen) atoms. The number of hydrogen-bond donors (Lipinski definition) is 1.